The number of nitrogens with zero attached hydrogens (tertiary/aromatic N) is 1. The molecule has 1 N–H and O–H groups in total. The summed E-state index contributed by atoms with van der Waals surface area (Å²) < 4.78 is 14.5. The van der Waals surface area contributed by atoms with Crippen LogP contribution in [0.3, 0.4) is 0 Å². The molecule has 0 aliphatic carbocycles. The van der Waals surface area contributed by atoms with Gasteiger partial charge in [-0.25, -0.2) is 4.39 Å². The molecule has 0 atom stereocenters. The maximum Gasteiger partial charge on any atom is 0.220 e. The predicted molar refractivity (Wildman–Crippen MR) is 102 cm³/mol. The number of rotatable bonds is 6. The lowest BCUT2D eigenvalue weighted by molar-refractivity contribution is -0.121. The van der Waals surface area contributed by atoms with Crippen molar-refractivity contribution in [3.8, 4) is 0 Å². The second-order valence-electron chi connectivity index (χ2n) is 6.37. The number of halogens is 2. The highest BCUT2D eigenvalue weighted by molar-refractivity contribution is 9.10. The van der Waals surface area contributed by atoms with Gasteiger partial charge in [0.15, 0.2) is 0 Å². The molecule has 1 heterocycles. The van der Waals surface area contributed by atoms with Gasteiger partial charge in [-0.2, -0.15) is 0 Å². The second kappa shape index (κ2) is 8.48. The minimum absolute atomic E-state index is 0.0639. The minimum Gasteiger partial charge on any atom is -0.372 e. The maximum atomic E-state index is 13.8. The van der Waals surface area contributed by atoms with Crippen LogP contribution >= 0.6 is 15.9 Å². The standard InChI is InChI=1S/C20H22BrFN2O/c21-17-7-5-16(19(22)13-17)6-10-20(25)23-14-15-3-8-18(9-4-15)24-11-1-2-12-24/h3-5,7-9,13H,1-2,6,10-12,14H2,(H,23,25). The molecule has 25 heavy (non-hydrogen) atoms. The number of nitrogens with one attached hydrogen (secondary N) is 1. The Kier molecular flexibility index (Phi) is 6.08. The van der Waals surface area contributed by atoms with E-state index in [1.54, 1.807) is 12.1 Å². The molecule has 2 aromatic carbocycles. The van der Waals surface area contributed by atoms with Gasteiger partial charge in [-0.1, -0.05) is 34.1 Å². The molecule has 0 spiro atoms. The van der Waals surface area contributed by atoms with Crippen molar-refractivity contribution in [2.75, 3.05) is 18.0 Å². The van der Waals surface area contributed by atoms with Crippen LogP contribution in [0, 0.1) is 5.82 Å². The number of anilines is 1. The molecule has 5 heteroatoms. The fraction of sp³-hybridized carbons (Fsp3) is 0.350. The number of hydrogen-bond acceptors (Lipinski definition) is 2. The van der Waals surface area contributed by atoms with E-state index in [2.05, 4.69) is 50.4 Å². The zero-order valence-electron chi connectivity index (χ0n) is 14.1. The first-order valence-electron chi connectivity index (χ1n) is 8.66. The summed E-state index contributed by atoms with van der Waals surface area (Å²) in [6, 6.07) is 13.3. The molecule has 1 amide bonds. The molecule has 0 radical (unpaired) electrons. The molecule has 1 saturated heterocycles. The number of hydrogen-bond donors (Lipinski definition) is 1. The van der Waals surface area contributed by atoms with Crippen LogP contribution in [-0.2, 0) is 17.8 Å². The van der Waals surface area contributed by atoms with Gasteiger partial charge in [0.1, 0.15) is 5.82 Å². The fourth-order valence-corrected chi connectivity index (χ4v) is 3.39. The van der Waals surface area contributed by atoms with Gasteiger partial charge in [0.05, 0.1) is 0 Å². The van der Waals surface area contributed by atoms with Crippen LogP contribution in [0.5, 0.6) is 0 Å². The Morgan fingerprint density at radius 2 is 1.84 bits per heavy atom. The summed E-state index contributed by atoms with van der Waals surface area (Å²) in [6.45, 7) is 2.76. The first-order valence-corrected chi connectivity index (χ1v) is 9.45. The summed E-state index contributed by atoms with van der Waals surface area (Å²) >= 11 is 3.23. The monoisotopic (exact) mass is 404 g/mol. The van der Waals surface area contributed by atoms with Crippen molar-refractivity contribution in [1.29, 1.82) is 0 Å². The van der Waals surface area contributed by atoms with Crippen molar-refractivity contribution in [2.24, 2.45) is 0 Å². The summed E-state index contributed by atoms with van der Waals surface area (Å²) in [5.41, 5.74) is 2.89. The van der Waals surface area contributed by atoms with Gasteiger partial charge >= 0.3 is 0 Å². The fourth-order valence-electron chi connectivity index (χ4n) is 3.06. The Labute approximate surface area is 156 Å². The van der Waals surface area contributed by atoms with Gasteiger partial charge in [-0.15, -0.1) is 0 Å². The van der Waals surface area contributed by atoms with Crippen LogP contribution < -0.4 is 10.2 Å². The second-order valence-corrected chi connectivity index (χ2v) is 7.29. The Morgan fingerprint density at radius 3 is 2.52 bits per heavy atom. The normalized spacial score (nSPS) is 13.9. The van der Waals surface area contributed by atoms with Gasteiger partial charge in [-0.05, 0) is 54.7 Å². The first kappa shape index (κ1) is 17.9. The van der Waals surface area contributed by atoms with Gasteiger partial charge in [0.25, 0.3) is 0 Å². The van der Waals surface area contributed by atoms with E-state index in [0.29, 0.717) is 23.0 Å². The number of benzene rings is 2. The van der Waals surface area contributed by atoms with Crippen molar-refractivity contribution in [3.05, 3.63) is 63.9 Å². The minimum atomic E-state index is -0.278. The number of carbonyl (C=O) groups excluding carboxylic acids is 1. The molecule has 1 aliphatic heterocycles. The van der Waals surface area contributed by atoms with Crippen LogP contribution in [0.4, 0.5) is 10.1 Å². The lowest BCUT2D eigenvalue weighted by atomic mass is 10.1. The van der Waals surface area contributed by atoms with Gasteiger partial charge in [-0.3, -0.25) is 4.79 Å². The molecule has 3 rings (SSSR count). The topological polar surface area (TPSA) is 32.3 Å². The van der Waals surface area contributed by atoms with Gasteiger partial charge < -0.3 is 10.2 Å². The predicted octanol–water partition coefficient (Wildman–Crippen LogP) is 4.44. The third kappa shape index (κ3) is 5.05. The third-order valence-corrected chi connectivity index (χ3v) is 5.03. The van der Waals surface area contributed by atoms with E-state index < -0.39 is 0 Å². The third-order valence-electron chi connectivity index (χ3n) is 4.53. The summed E-state index contributed by atoms with van der Waals surface area (Å²) in [6.07, 6.45) is 3.21. The number of aryl methyl sites for hydroxylation is 1. The molecule has 1 aliphatic rings. The molecule has 0 saturated carbocycles. The van der Waals surface area contributed by atoms with Crippen LogP contribution in [0.25, 0.3) is 0 Å². The average molecular weight is 405 g/mol. The highest BCUT2D eigenvalue weighted by Crippen LogP contribution is 2.20. The van der Waals surface area contributed by atoms with Crippen molar-refractivity contribution < 1.29 is 9.18 Å². The summed E-state index contributed by atoms with van der Waals surface area (Å²) in [5.74, 6) is -0.342. The highest BCUT2D eigenvalue weighted by Gasteiger charge is 2.12. The molecule has 132 valence electrons. The van der Waals surface area contributed by atoms with E-state index in [9.17, 15) is 9.18 Å². The van der Waals surface area contributed by atoms with Crippen molar-refractivity contribution in [1.82, 2.24) is 5.32 Å². The van der Waals surface area contributed by atoms with Crippen LogP contribution in [0.1, 0.15) is 30.4 Å². The molecule has 0 bridgehead atoms. The molecular weight excluding hydrogens is 383 g/mol. The Bertz CT molecular complexity index is 727. The zero-order valence-corrected chi connectivity index (χ0v) is 15.7. The molecular formula is C20H22BrFN2O. The van der Waals surface area contributed by atoms with E-state index in [0.717, 1.165) is 18.7 Å². The molecule has 0 unspecified atom stereocenters. The zero-order chi connectivity index (χ0) is 17.6. The summed E-state index contributed by atoms with van der Waals surface area (Å²) in [7, 11) is 0. The number of carbonyl (C=O) groups is 1. The summed E-state index contributed by atoms with van der Waals surface area (Å²) in [4.78, 5) is 14.4. The number of amides is 1. The van der Waals surface area contributed by atoms with Gasteiger partial charge in [0, 0.05) is 36.2 Å². The Balaban J connectivity index is 1.45. The Hall–Kier alpha value is -1.88. The average Bonchev–Trinajstić information content (AvgIpc) is 3.14. The largest absolute Gasteiger partial charge is 0.372 e. The van der Waals surface area contributed by atoms with E-state index in [4.69, 9.17) is 0 Å². The smallest absolute Gasteiger partial charge is 0.220 e. The van der Waals surface area contributed by atoms with Crippen LogP contribution in [-0.4, -0.2) is 19.0 Å². The first-order chi connectivity index (χ1) is 12.1. The molecule has 1 fully saturated rings. The molecule has 0 aromatic heterocycles. The van der Waals surface area contributed by atoms with E-state index in [1.165, 1.54) is 24.6 Å². The van der Waals surface area contributed by atoms with Crippen molar-refractivity contribution >= 4 is 27.5 Å². The van der Waals surface area contributed by atoms with Crippen LogP contribution in [0.15, 0.2) is 46.9 Å². The highest BCUT2D eigenvalue weighted by atomic mass is 79.9. The quantitative estimate of drug-likeness (QED) is 0.771. The van der Waals surface area contributed by atoms with Crippen molar-refractivity contribution in [3.63, 3.8) is 0 Å². The van der Waals surface area contributed by atoms with E-state index >= 15 is 0 Å². The Morgan fingerprint density at radius 1 is 1.12 bits per heavy atom. The van der Waals surface area contributed by atoms with Crippen LogP contribution in [0.2, 0.25) is 0 Å². The van der Waals surface area contributed by atoms with Crippen molar-refractivity contribution in [2.45, 2.75) is 32.2 Å². The maximum absolute atomic E-state index is 13.8. The summed E-state index contributed by atoms with van der Waals surface area (Å²) in [5, 5.41) is 2.90. The lowest BCUT2D eigenvalue weighted by Crippen LogP contribution is -2.23. The van der Waals surface area contributed by atoms with E-state index in [-0.39, 0.29) is 18.1 Å². The molecule has 3 nitrogen and oxygen atoms in total. The van der Waals surface area contributed by atoms with E-state index in [1.807, 2.05) is 0 Å². The molecule has 2 aromatic rings. The lowest BCUT2D eigenvalue weighted by Gasteiger charge is -2.17. The van der Waals surface area contributed by atoms with Gasteiger partial charge in [0.2, 0.25) is 5.91 Å². The SMILES string of the molecule is O=C(CCc1ccc(Br)cc1F)NCc1ccc(N2CCCC2)cc1.